The predicted octanol–water partition coefficient (Wildman–Crippen LogP) is 2.12. The molecule has 1 aromatic heterocycles. The molecule has 1 aliphatic rings. The number of aliphatic hydroxyl groups excluding tert-OH is 1. The minimum Gasteiger partial charge on any atom is -0.395 e. The van der Waals surface area contributed by atoms with Crippen LogP contribution in [0.4, 0.5) is 0 Å². The Hall–Kier alpha value is -2.54. The number of pyridine rings is 1. The summed E-state index contributed by atoms with van der Waals surface area (Å²) in [7, 11) is 0. The number of aliphatic hydroxyl groups is 1. The van der Waals surface area contributed by atoms with Gasteiger partial charge in [-0.2, -0.15) is 0 Å². The minimum atomic E-state index is -0.544. The topological polar surface area (TPSA) is 85.7 Å². The number of nitrogens with zero attached hydrogens (tertiary/aromatic N) is 2. The number of nitrogens with one attached hydrogen (secondary N) is 1. The van der Waals surface area contributed by atoms with E-state index in [2.05, 4.69) is 28.1 Å². The summed E-state index contributed by atoms with van der Waals surface area (Å²) >= 11 is 0. The molecule has 0 saturated heterocycles. The molecule has 0 radical (unpaired) electrons. The molecule has 0 fully saturated rings. The van der Waals surface area contributed by atoms with Crippen molar-refractivity contribution in [2.75, 3.05) is 19.7 Å². The van der Waals surface area contributed by atoms with Crippen LogP contribution in [0.25, 0.3) is 6.08 Å². The molecule has 1 aromatic carbocycles. The van der Waals surface area contributed by atoms with E-state index >= 15 is 0 Å². The number of hydrogen-bond donors (Lipinski definition) is 3. The van der Waals surface area contributed by atoms with Gasteiger partial charge in [0.25, 0.3) is 5.91 Å². The molecule has 1 atom stereocenters. The van der Waals surface area contributed by atoms with E-state index in [-0.39, 0.29) is 6.61 Å². The molecule has 1 amide bonds. The third-order valence-electron chi connectivity index (χ3n) is 4.99. The maximum atomic E-state index is 11.1. The maximum Gasteiger partial charge on any atom is 0.267 e. The molecule has 3 N–H and O–H groups in total. The highest BCUT2D eigenvalue weighted by Gasteiger charge is 2.27. The maximum absolute atomic E-state index is 11.1. The van der Waals surface area contributed by atoms with Gasteiger partial charge in [0.1, 0.15) is 0 Å². The molecule has 0 aliphatic heterocycles. The number of carbonyl (C=O) groups excluding carboxylic acids is 1. The second-order valence-electron chi connectivity index (χ2n) is 6.69. The number of rotatable bonds is 8. The van der Waals surface area contributed by atoms with E-state index in [4.69, 9.17) is 5.21 Å². The van der Waals surface area contributed by atoms with Gasteiger partial charge in [-0.25, -0.2) is 5.48 Å². The number of carbonyl (C=O) groups is 1. The highest BCUT2D eigenvalue weighted by molar-refractivity contribution is 5.90. The van der Waals surface area contributed by atoms with Crippen molar-refractivity contribution in [1.82, 2.24) is 15.4 Å². The van der Waals surface area contributed by atoms with Crippen LogP contribution in [0.2, 0.25) is 0 Å². The van der Waals surface area contributed by atoms with Crippen LogP contribution < -0.4 is 5.48 Å². The molecule has 6 heteroatoms. The van der Waals surface area contributed by atoms with Crippen molar-refractivity contribution >= 4 is 12.0 Å². The summed E-state index contributed by atoms with van der Waals surface area (Å²) in [4.78, 5) is 17.6. The first kappa shape index (κ1) is 19.2. The molecule has 0 saturated carbocycles. The Balaban J connectivity index is 1.71. The molecule has 3 rings (SSSR count). The Bertz CT molecular complexity index is 793. The van der Waals surface area contributed by atoms with Gasteiger partial charge >= 0.3 is 0 Å². The van der Waals surface area contributed by atoms with Crippen LogP contribution in [0.15, 0.2) is 48.8 Å². The van der Waals surface area contributed by atoms with Crippen molar-refractivity contribution in [2.24, 2.45) is 0 Å². The van der Waals surface area contributed by atoms with Crippen molar-refractivity contribution < 1.29 is 15.1 Å². The van der Waals surface area contributed by atoms with Crippen LogP contribution >= 0.6 is 0 Å². The van der Waals surface area contributed by atoms with Crippen molar-refractivity contribution in [3.05, 3.63) is 71.1 Å². The number of aromatic nitrogens is 1. The molecule has 0 bridgehead atoms. The summed E-state index contributed by atoms with van der Waals surface area (Å²) in [6.07, 6.45) is 9.55. The highest BCUT2D eigenvalue weighted by atomic mass is 16.5. The fourth-order valence-electron chi connectivity index (χ4n) is 3.68. The monoisotopic (exact) mass is 367 g/mol. The standard InChI is InChI=1S/C21H25N3O3/c25-13-12-24(11-9-17-2-1-10-22-15-17)20-7-5-18-14-16(3-6-19(18)20)4-8-21(26)23-27/h1-4,6,8,10,14-15,20,25,27H,5,7,9,11-13H2,(H,23,26)/b8-4+. The van der Waals surface area contributed by atoms with Gasteiger partial charge in [0.05, 0.1) is 6.61 Å². The van der Waals surface area contributed by atoms with Crippen LogP contribution in [0.5, 0.6) is 0 Å². The Morgan fingerprint density at radius 3 is 2.96 bits per heavy atom. The number of hydrogen-bond acceptors (Lipinski definition) is 5. The van der Waals surface area contributed by atoms with Crippen molar-refractivity contribution in [2.45, 2.75) is 25.3 Å². The Morgan fingerprint density at radius 1 is 1.33 bits per heavy atom. The molecule has 1 heterocycles. The zero-order chi connectivity index (χ0) is 19.1. The predicted molar refractivity (Wildman–Crippen MR) is 103 cm³/mol. The molecular formula is C21H25N3O3. The summed E-state index contributed by atoms with van der Waals surface area (Å²) < 4.78 is 0. The van der Waals surface area contributed by atoms with Gasteiger partial charge in [-0.15, -0.1) is 0 Å². The lowest BCUT2D eigenvalue weighted by Crippen LogP contribution is -2.32. The Kier molecular flexibility index (Phi) is 6.70. The first-order valence-corrected chi connectivity index (χ1v) is 9.20. The average Bonchev–Trinajstić information content (AvgIpc) is 3.13. The Morgan fingerprint density at radius 2 is 2.22 bits per heavy atom. The molecule has 2 aromatic rings. The molecule has 27 heavy (non-hydrogen) atoms. The molecule has 6 nitrogen and oxygen atoms in total. The fraction of sp³-hybridized carbons (Fsp3) is 0.333. The largest absolute Gasteiger partial charge is 0.395 e. The molecule has 142 valence electrons. The van der Waals surface area contributed by atoms with Gasteiger partial charge < -0.3 is 5.11 Å². The fourth-order valence-corrected chi connectivity index (χ4v) is 3.68. The van der Waals surface area contributed by atoms with Gasteiger partial charge in [0.15, 0.2) is 0 Å². The van der Waals surface area contributed by atoms with Crippen LogP contribution in [-0.2, 0) is 17.6 Å². The smallest absolute Gasteiger partial charge is 0.267 e. The highest BCUT2D eigenvalue weighted by Crippen LogP contribution is 2.36. The number of aryl methyl sites for hydroxylation is 1. The summed E-state index contributed by atoms with van der Waals surface area (Å²) in [5.74, 6) is -0.544. The zero-order valence-electron chi connectivity index (χ0n) is 15.2. The van der Waals surface area contributed by atoms with E-state index in [1.165, 1.54) is 22.8 Å². The van der Waals surface area contributed by atoms with Crippen molar-refractivity contribution in [1.29, 1.82) is 0 Å². The summed E-state index contributed by atoms with van der Waals surface area (Å²) in [5, 5.41) is 18.1. The molecule has 1 unspecified atom stereocenters. The number of amides is 1. The zero-order valence-corrected chi connectivity index (χ0v) is 15.2. The number of hydroxylamine groups is 1. The minimum absolute atomic E-state index is 0.135. The van der Waals surface area contributed by atoms with Gasteiger partial charge in [0, 0.05) is 37.6 Å². The van der Waals surface area contributed by atoms with Crippen LogP contribution in [-0.4, -0.2) is 45.8 Å². The molecular weight excluding hydrogens is 342 g/mol. The van der Waals surface area contributed by atoms with Crippen molar-refractivity contribution in [3.63, 3.8) is 0 Å². The van der Waals surface area contributed by atoms with Crippen molar-refractivity contribution in [3.8, 4) is 0 Å². The van der Waals surface area contributed by atoms with Gasteiger partial charge in [-0.05, 0) is 53.7 Å². The first-order valence-electron chi connectivity index (χ1n) is 9.20. The van der Waals surface area contributed by atoms with Gasteiger partial charge in [-0.3, -0.25) is 19.9 Å². The summed E-state index contributed by atoms with van der Waals surface area (Å²) in [5.41, 5.74) is 6.28. The third kappa shape index (κ3) is 5.01. The Labute approximate surface area is 159 Å². The quantitative estimate of drug-likeness (QED) is 0.378. The van der Waals surface area contributed by atoms with Gasteiger partial charge in [-0.1, -0.05) is 24.3 Å². The number of benzene rings is 1. The SMILES string of the molecule is O=C(/C=C/c1ccc2c(c1)CCC2N(CCO)CCc1cccnc1)NO. The first-order chi connectivity index (χ1) is 13.2. The van der Waals surface area contributed by atoms with E-state index in [1.54, 1.807) is 17.8 Å². The normalized spacial score (nSPS) is 16.0. The van der Waals surface area contributed by atoms with E-state index in [0.29, 0.717) is 12.6 Å². The van der Waals surface area contributed by atoms with Crippen LogP contribution in [0.3, 0.4) is 0 Å². The van der Waals surface area contributed by atoms with E-state index in [0.717, 1.165) is 31.4 Å². The second-order valence-corrected chi connectivity index (χ2v) is 6.69. The summed E-state index contributed by atoms with van der Waals surface area (Å²) in [6.45, 7) is 1.65. The van der Waals surface area contributed by atoms with Gasteiger partial charge in [0.2, 0.25) is 0 Å². The van der Waals surface area contributed by atoms with Crippen LogP contribution in [0, 0.1) is 0 Å². The molecule has 1 aliphatic carbocycles. The lowest BCUT2D eigenvalue weighted by atomic mass is 10.0. The third-order valence-corrected chi connectivity index (χ3v) is 4.99. The summed E-state index contributed by atoms with van der Waals surface area (Å²) in [6, 6.07) is 10.5. The van der Waals surface area contributed by atoms with E-state index in [1.807, 2.05) is 18.3 Å². The second kappa shape index (κ2) is 9.41. The lowest BCUT2D eigenvalue weighted by Gasteiger charge is -2.29. The van der Waals surface area contributed by atoms with E-state index < -0.39 is 5.91 Å². The van der Waals surface area contributed by atoms with E-state index in [9.17, 15) is 9.90 Å². The average molecular weight is 367 g/mol. The number of fused-ring (bicyclic) bond motifs is 1. The lowest BCUT2D eigenvalue weighted by molar-refractivity contribution is -0.124. The molecule has 0 spiro atoms. The van der Waals surface area contributed by atoms with Crippen LogP contribution in [0.1, 0.15) is 34.7 Å².